The van der Waals surface area contributed by atoms with Gasteiger partial charge in [0.1, 0.15) is 0 Å². The summed E-state index contributed by atoms with van der Waals surface area (Å²) in [4.78, 5) is 0. The van der Waals surface area contributed by atoms with E-state index in [1.807, 2.05) is 0 Å². The molecule has 3 aliphatic rings. The fourth-order valence-corrected chi connectivity index (χ4v) is 17.9. The van der Waals surface area contributed by atoms with Crippen LogP contribution in [-0.4, -0.2) is 0 Å². The standard InChI is InChI=1S/C20H16.2C6H5FO.Zr/c1-2-6-18-12-15(11-17(18)5-1)9-10-16-13-19-7-3-4-8-20(19)14-16;2*7-5-1-3-6(8)4-2-5;/h1-8,11-14H,9-10H2;2*1-4,8H;/q;;;+2/p-2. The van der Waals surface area contributed by atoms with E-state index in [1.165, 1.54) is 57.7 Å². The number of benzene rings is 4. The zero-order chi connectivity index (χ0) is 25.0. The maximum absolute atomic E-state index is 13.9. The summed E-state index contributed by atoms with van der Waals surface area (Å²) in [6.45, 7) is 0. The van der Waals surface area contributed by atoms with Gasteiger partial charge in [0.05, 0.1) is 0 Å². The van der Waals surface area contributed by atoms with Crippen LogP contribution < -0.4 is 5.63 Å². The van der Waals surface area contributed by atoms with E-state index in [9.17, 15) is 8.78 Å². The molecule has 4 aromatic carbocycles. The third kappa shape index (κ3) is 3.83. The topological polar surface area (TPSA) is 18.5 Å². The first-order chi connectivity index (χ1) is 18.1. The zero-order valence-corrected chi connectivity index (χ0v) is 22.5. The number of rotatable bonds is 4. The Hall–Kier alpha value is -3.30. The van der Waals surface area contributed by atoms with Crippen molar-refractivity contribution in [3.05, 3.63) is 142 Å². The molecule has 182 valence electrons. The van der Waals surface area contributed by atoms with Gasteiger partial charge in [0.15, 0.2) is 0 Å². The van der Waals surface area contributed by atoms with Gasteiger partial charge in [-0.15, -0.1) is 0 Å². The quantitative estimate of drug-likeness (QED) is 0.245. The van der Waals surface area contributed by atoms with E-state index < -0.39 is 21.1 Å². The van der Waals surface area contributed by atoms with E-state index in [-0.39, 0.29) is 18.9 Å². The fourth-order valence-electron chi connectivity index (χ4n) is 6.24. The molecule has 0 radical (unpaired) electrons. The number of hydrogen-bond acceptors (Lipinski definition) is 2. The summed E-state index contributed by atoms with van der Waals surface area (Å²) in [7, 11) is 0. The van der Waals surface area contributed by atoms with Crippen molar-refractivity contribution in [2.75, 3.05) is 0 Å². The Morgan fingerprint density at radius 2 is 0.946 bits per heavy atom. The van der Waals surface area contributed by atoms with Gasteiger partial charge in [0, 0.05) is 0 Å². The molecule has 0 amide bonds. The number of fused-ring (bicyclic) bond motifs is 6. The van der Waals surface area contributed by atoms with Crippen molar-refractivity contribution >= 4 is 12.2 Å². The summed E-state index contributed by atoms with van der Waals surface area (Å²) in [5.41, 5.74) is 7.51. The Morgan fingerprint density at radius 1 is 0.541 bits per heavy atom. The number of allylic oxidation sites excluding steroid dienone is 2. The molecule has 2 aliphatic carbocycles. The Morgan fingerprint density at radius 3 is 1.38 bits per heavy atom. The summed E-state index contributed by atoms with van der Waals surface area (Å²) < 4.78 is 42.2. The Bertz CT molecular complexity index is 1440. The number of hydrogen-bond donors (Lipinski definition) is 0. The van der Waals surface area contributed by atoms with Gasteiger partial charge in [-0.2, -0.15) is 0 Å². The third-order valence-electron chi connectivity index (χ3n) is 7.73. The van der Waals surface area contributed by atoms with Gasteiger partial charge in [-0.05, 0) is 0 Å². The molecule has 5 heteroatoms. The molecule has 2 atom stereocenters. The molecule has 0 bridgehead atoms. The fraction of sp³-hybridized carbons (Fsp3) is 0.125. The van der Waals surface area contributed by atoms with E-state index in [2.05, 4.69) is 60.7 Å². The Balaban J connectivity index is 1.50. The molecule has 0 aromatic heterocycles. The summed E-state index contributed by atoms with van der Waals surface area (Å²) >= 11 is -4.50. The molecule has 0 N–H and O–H groups in total. The first kappa shape index (κ1) is 22.9. The first-order valence-corrected chi connectivity index (χ1v) is 17.4. The minimum absolute atomic E-state index is 0.0114. The second-order valence-electron chi connectivity index (χ2n) is 9.90. The average Bonchev–Trinajstić information content (AvgIpc) is 3.45. The van der Waals surface area contributed by atoms with Crippen molar-refractivity contribution in [3.63, 3.8) is 0 Å². The molecule has 2 unspecified atom stereocenters. The molecule has 0 saturated carbocycles. The molecule has 2 nitrogen and oxygen atoms in total. The molecule has 0 spiro atoms. The van der Waals surface area contributed by atoms with Crippen molar-refractivity contribution in [1.29, 1.82) is 0 Å². The van der Waals surface area contributed by atoms with Crippen LogP contribution >= 0.6 is 0 Å². The molecule has 1 saturated heterocycles. The van der Waals surface area contributed by atoms with Gasteiger partial charge < -0.3 is 0 Å². The summed E-state index contributed by atoms with van der Waals surface area (Å²) in [6.07, 6.45) is 6.46. The van der Waals surface area contributed by atoms with Crippen molar-refractivity contribution in [1.82, 2.24) is 0 Å². The molecule has 1 fully saturated rings. The molecule has 37 heavy (non-hydrogen) atoms. The summed E-state index contributed by atoms with van der Waals surface area (Å²) in [5.74, 6) is 0.591. The summed E-state index contributed by atoms with van der Waals surface area (Å²) in [5, 5.41) is 0. The Labute approximate surface area is 220 Å². The van der Waals surface area contributed by atoms with Crippen LogP contribution in [0.5, 0.6) is 11.5 Å². The summed E-state index contributed by atoms with van der Waals surface area (Å²) in [6, 6.07) is 29.5. The van der Waals surface area contributed by atoms with Gasteiger partial charge in [-0.25, -0.2) is 0 Å². The van der Waals surface area contributed by atoms with E-state index >= 15 is 0 Å². The van der Waals surface area contributed by atoms with Crippen molar-refractivity contribution < 1.29 is 35.6 Å². The first-order valence-electron chi connectivity index (χ1n) is 12.6. The van der Waals surface area contributed by atoms with Crippen molar-refractivity contribution in [3.8, 4) is 11.5 Å². The van der Waals surface area contributed by atoms with Gasteiger partial charge in [0.2, 0.25) is 0 Å². The Kier molecular flexibility index (Phi) is 5.51. The molecule has 7 rings (SSSR count). The van der Waals surface area contributed by atoms with E-state index in [0.717, 1.165) is 12.8 Å². The molecular formula is C32H24F2O2Zr. The second kappa shape index (κ2) is 8.92. The normalized spacial score (nSPS) is 20.5. The van der Waals surface area contributed by atoms with Crippen LogP contribution in [-0.2, 0) is 21.1 Å². The van der Waals surface area contributed by atoms with E-state index in [4.69, 9.17) is 5.63 Å². The molecule has 1 aliphatic heterocycles. The van der Waals surface area contributed by atoms with Crippen LogP contribution in [0.4, 0.5) is 8.78 Å². The van der Waals surface area contributed by atoms with E-state index in [0.29, 0.717) is 11.5 Å². The maximum atomic E-state index is 13.9. The molecule has 4 aromatic rings. The molecular weight excluding hydrogens is 546 g/mol. The van der Waals surface area contributed by atoms with Crippen molar-refractivity contribution in [2.24, 2.45) is 0 Å². The van der Waals surface area contributed by atoms with Crippen LogP contribution in [0, 0.1) is 11.6 Å². The average molecular weight is 570 g/mol. The zero-order valence-electron chi connectivity index (χ0n) is 20.0. The number of halogens is 2. The SMILES string of the molecule is Fc1ccc([O][Zr]2([O]c3ccc(F)cc3)[CH]3C(=Cc4ccccc43)CCC3=Cc4ccccc4[CH]32)cc1. The van der Waals surface area contributed by atoms with Gasteiger partial charge >= 0.3 is 221 Å². The monoisotopic (exact) mass is 568 g/mol. The van der Waals surface area contributed by atoms with Gasteiger partial charge in [-0.1, -0.05) is 0 Å². The predicted octanol–water partition coefficient (Wildman–Crippen LogP) is 8.48. The van der Waals surface area contributed by atoms with Crippen LogP contribution in [0.3, 0.4) is 0 Å². The predicted molar refractivity (Wildman–Crippen MR) is 138 cm³/mol. The van der Waals surface area contributed by atoms with Crippen LogP contribution in [0.2, 0.25) is 0 Å². The van der Waals surface area contributed by atoms with Gasteiger partial charge in [0.25, 0.3) is 0 Å². The minimum atomic E-state index is -4.50. The van der Waals surface area contributed by atoms with Crippen LogP contribution in [0.15, 0.2) is 108 Å². The second-order valence-corrected chi connectivity index (χ2v) is 17.3. The third-order valence-corrected chi connectivity index (χ3v) is 17.8. The van der Waals surface area contributed by atoms with Crippen molar-refractivity contribution in [2.45, 2.75) is 20.1 Å². The van der Waals surface area contributed by atoms with Crippen LogP contribution in [0.1, 0.15) is 42.3 Å². The molecule has 1 heterocycles. The van der Waals surface area contributed by atoms with Crippen LogP contribution in [0.25, 0.3) is 12.2 Å². The van der Waals surface area contributed by atoms with Gasteiger partial charge in [-0.3, -0.25) is 0 Å². The van der Waals surface area contributed by atoms with E-state index in [1.54, 1.807) is 24.3 Å².